The number of halogens is 1. The number of hydrogen-bond acceptors (Lipinski definition) is 4. The van der Waals surface area contributed by atoms with Crippen LogP contribution in [-0.4, -0.2) is 22.4 Å². The maximum atomic E-state index is 13.6. The van der Waals surface area contributed by atoms with Crippen LogP contribution in [0.5, 0.6) is 5.75 Å². The summed E-state index contributed by atoms with van der Waals surface area (Å²) in [5.41, 5.74) is 1.75. The molecule has 0 bridgehead atoms. The number of nitrogens with zero attached hydrogens (tertiary/aromatic N) is 2. The second kappa shape index (κ2) is 6.39. The van der Waals surface area contributed by atoms with E-state index >= 15 is 0 Å². The predicted molar refractivity (Wildman–Crippen MR) is 74.6 cm³/mol. The topological polar surface area (TPSA) is 53.3 Å². The van der Waals surface area contributed by atoms with Crippen molar-refractivity contribution in [2.24, 2.45) is 7.05 Å². The lowest BCUT2D eigenvalue weighted by molar-refractivity contribution is 0.0523. The molecule has 21 heavy (non-hydrogen) atoms. The van der Waals surface area contributed by atoms with Crippen LogP contribution >= 0.6 is 0 Å². The van der Waals surface area contributed by atoms with Crippen LogP contribution in [0.4, 0.5) is 4.39 Å². The van der Waals surface area contributed by atoms with Crippen molar-refractivity contribution in [3.8, 4) is 5.75 Å². The van der Waals surface area contributed by atoms with E-state index in [2.05, 4.69) is 5.10 Å². The number of benzene rings is 1. The largest absolute Gasteiger partial charge is 0.484 e. The van der Waals surface area contributed by atoms with Crippen molar-refractivity contribution in [3.63, 3.8) is 0 Å². The lowest BCUT2D eigenvalue weighted by Gasteiger charge is -2.10. The Morgan fingerprint density at radius 3 is 2.90 bits per heavy atom. The van der Waals surface area contributed by atoms with Crippen LogP contribution < -0.4 is 4.74 Å². The summed E-state index contributed by atoms with van der Waals surface area (Å²) < 4.78 is 25.6. The summed E-state index contributed by atoms with van der Waals surface area (Å²) in [4.78, 5) is 11.8. The van der Waals surface area contributed by atoms with Gasteiger partial charge >= 0.3 is 5.97 Å². The molecule has 0 unspecified atom stereocenters. The number of esters is 1. The zero-order valence-electron chi connectivity index (χ0n) is 12.2. The minimum Gasteiger partial charge on any atom is -0.484 e. The van der Waals surface area contributed by atoms with Crippen LogP contribution in [0.1, 0.15) is 28.5 Å². The molecular formula is C15H17FN2O3. The van der Waals surface area contributed by atoms with E-state index < -0.39 is 11.8 Å². The summed E-state index contributed by atoms with van der Waals surface area (Å²) in [6, 6.07) is 4.62. The van der Waals surface area contributed by atoms with Gasteiger partial charge in [-0.05, 0) is 31.5 Å². The molecule has 0 fully saturated rings. The molecule has 0 amide bonds. The maximum absolute atomic E-state index is 13.6. The first-order chi connectivity index (χ1) is 10.0. The van der Waals surface area contributed by atoms with Crippen LogP contribution in [0.3, 0.4) is 0 Å². The first kappa shape index (κ1) is 15.0. The van der Waals surface area contributed by atoms with Gasteiger partial charge in [0.1, 0.15) is 12.2 Å². The Hall–Kier alpha value is -2.37. The van der Waals surface area contributed by atoms with E-state index in [1.165, 1.54) is 16.9 Å². The van der Waals surface area contributed by atoms with Gasteiger partial charge in [-0.15, -0.1) is 0 Å². The Morgan fingerprint density at radius 2 is 2.19 bits per heavy atom. The van der Waals surface area contributed by atoms with E-state index in [1.54, 1.807) is 26.1 Å². The molecule has 1 heterocycles. The number of carbonyl (C=O) groups excluding carboxylic acids is 1. The van der Waals surface area contributed by atoms with Crippen LogP contribution in [0.25, 0.3) is 0 Å². The quantitative estimate of drug-likeness (QED) is 0.795. The number of ether oxygens (including phenoxy) is 2. The minimum absolute atomic E-state index is 0.0328. The molecule has 2 rings (SSSR count). The van der Waals surface area contributed by atoms with Gasteiger partial charge in [-0.2, -0.15) is 5.10 Å². The SMILES string of the molecule is CCOC(=O)c1cnn(C)c1COc1cc(C)ccc1F. The van der Waals surface area contributed by atoms with Crippen molar-refractivity contribution in [3.05, 3.63) is 47.0 Å². The third kappa shape index (κ3) is 3.39. The Kier molecular flexibility index (Phi) is 4.57. The summed E-state index contributed by atoms with van der Waals surface area (Å²) in [5, 5.41) is 4.01. The standard InChI is InChI=1S/C15H17FN2O3/c1-4-20-15(19)11-8-17-18(3)13(11)9-21-14-7-10(2)5-6-12(14)16/h5-8H,4,9H2,1-3H3. The normalized spacial score (nSPS) is 10.5. The molecule has 0 saturated carbocycles. The Bertz CT molecular complexity index is 652. The Balaban J connectivity index is 2.18. The van der Waals surface area contributed by atoms with Crippen LogP contribution in [0, 0.1) is 12.7 Å². The first-order valence-corrected chi connectivity index (χ1v) is 6.60. The van der Waals surface area contributed by atoms with E-state index in [0.717, 1.165) is 5.56 Å². The number of rotatable bonds is 5. The molecule has 0 spiro atoms. The Labute approximate surface area is 122 Å². The van der Waals surface area contributed by atoms with Gasteiger partial charge in [0.25, 0.3) is 0 Å². The lowest BCUT2D eigenvalue weighted by atomic mass is 10.2. The van der Waals surface area contributed by atoms with Gasteiger partial charge < -0.3 is 9.47 Å². The molecule has 0 radical (unpaired) electrons. The predicted octanol–water partition coefficient (Wildman–Crippen LogP) is 2.62. The fourth-order valence-electron chi connectivity index (χ4n) is 1.88. The van der Waals surface area contributed by atoms with E-state index in [0.29, 0.717) is 11.3 Å². The summed E-state index contributed by atoms with van der Waals surface area (Å²) in [7, 11) is 1.69. The Morgan fingerprint density at radius 1 is 1.43 bits per heavy atom. The highest BCUT2D eigenvalue weighted by atomic mass is 19.1. The molecule has 0 saturated heterocycles. The van der Waals surface area contributed by atoms with Gasteiger partial charge in [0.2, 0.25) is 0 Å². The fourth-order valence-corrected chi connectivity index (χ4v) is 1.88. The summed E-state index contributed by atoms with van der Waals surface area (Å²) >= 11 is 0. The molecular weight excluding hydrogens is 275 g/mol. The molecule has 0 aliphatic carbocycles. The third-order valence-electron chi connectivity index (χ3n) is 3.01. The first-order valence-electron chi connectivity index (χ1n) is 6.60. The summed E-state index contributed by atoms with van der Waals surface area (Å²) in [6.45, 7) is 3.89. The molecule has 0 atom stereocenters. The second-order valence-electron chi connectivity index (χ2n) is 4.57. The van der Waals surface area contributed by atoms with Crippen LogP contribution in [-0.2, 0) is 18.4 Å². The van der Waals surface area contributed by atoms with Crippen molar-refractivity contribution in [2.75, 3.05) is 6.61 Å². The molecule has 1 aromatic heterocycles. The van der Waals surface area contributed by atoms with Gasteiger partial charge in [-0.3, -0.25) is 4.68 Å². The second-order valence-corrected chi connectivity index (χ2v) is 4.57. The average molecular weight is 292 g/mol. The van der Waals surface area contributed by atoms with Crippen molar-refractivity contribution < 1.29 is 18.7 Å². The molecule has 5 nitrogen and oxygen atoms in total. The molecule has 1 aromatic carbocycles. The zero-order chi connectivity index (χ0) is 15.4. The molecule has 112 valence electrons. The van der Waals surface area contributed by atoms with Crippen molar-refractivity contribution in [1.82, 2.24) is 9.78 Å². The third-order valence-corrected chi connectivity index (χ3v) is 3.01. The zero-order valence-corrected chi connectivity index (χ0v) is 12.2. The smallest absolute Gasteiger partial charge is 0.341 e. The van der Waals surface area contributed by atoms with E-state index in [1.807, 2.05) is 6.92 Å². The number of aromatic nitrogens is 2. The number of aryl methyl sites for hydroxylation is 2. The molecule has 0 N–H and O–H groups in total. The van der Waals surface area contributed by atoms with Crippen molar-refractivity contribution in [1.29, 1.82) is 0 Å². The van der Waals surface area contributed by atoms with E-state index in [-0.39, 0.29) is 19.0 Å². The van der Waals surface area contributed by atoms with Gasteiger partial charge in [0.05, 0.1) is 18.5 Å². The fraction of sp³-hybridized carbons (Fsp3) is 0.333. The maximum Gasteiger partial charge on any atom is 0.341 e. The molecule has 6 heteroatoms. The van der Waals surface area contributed by atoms with Crippen molar-refractivity contribution in [2.45, 2.75) is 20.5 Å². The van der Waals surface area contributed by atoms with Crippen LogP contribution in [0.15, 0.2) is 24.4 Å². The summed E-state index contributed by atoms with van der Waals surface area (Å²) in [5.74, 6) is -0.764. The minimum atomic E-state index is -0.464. The average Bonchev–Trinajstić information content (AvgIpc) is 2.81. The van der Waals surface area contributed by atoms with E-state index in [9.17, 15) is 9.18 Å². The van der Waals surface area contributed by atoms with Gasteiger partial charge in [-0.25, -0.2) is 9.18 Å². The monoisotopic (exact) mass is 292 g/mol. The van der Waals surface area contributed by atoms with Gasteiger partial charge in [0.15, 0.2) is 11.6 Å². The van der Waals surface area contributed by atoms with Gasteiger partial charge in [0, 0.05) is 7.05 Å². The molecule has 0 aliphatic rings. The van der Waals surface area contributed by atoms with E-state index in [4.69, 9.17) is 9.47 Å². The highest BCUT2D eigenvalue weighted by Gasteiger charge is 2.18. The number of hydrogen-bond donors (Lipinski definition) is 0. The number of carbonyl (C=O) groups is 1. The molecule has 2 aromatic rings. The van der Waals surface area contributed by atoms with Crippen molar-refractivity contribution >= 4 is 5.97 Å². The lowest BCUT2D eigenvalue weighted by Crippen LogP contribution is -2.11. The summed E-state index contributed by atoms with van der Waals surface area (Å²) in [6.07, 6.45) is 1.42. The highest BCUT2D eigenvalue weighted by molar-refractivity contribution is 5.90. The highest BCUT2D eigenvalue weighted by Crippen LogP contribution is 2.20. The van der Waals surface area contributed by atoms with Crippen LogP contribution in [0.2, 0.25) is 0 Å². The molecule has 0 aliphatic heterocycles. The van der Waals surface area contributed by atoms with Gasteiger partial charge in [-0.1, -0.05) is 6.07 Å².